The summed E-state index contributed by atoms with van der Waals surface area (Å²) in [6.45, 7) is 8.06. The van der Waals surface area contributed by atoms with E-state index in [-0.39, 0.29) is 4.90 Å². The van der Waals surface area contributed by atoms with Gasteiger partial charge in [-0.3, -0.25) is 0 Å². The highest BCUT2D eigenvalue weighted by Crippen LogP contribution is 2.20. The lowest BCUT2D eigenvalue weighted by Crippen LogP contribution is -2.18. The molecule has 5 nitrogen and oxygen atoms in total. The van der Waals surface area contributed by atoms with E-state index in [1.807, 2.05) is 26.8 Å². The second kappa shape index (κ2) is 8.02. The average molecular weight is 396 g/mol. The highest BCUT2D eigenvalue weighted by Gasteiger charge is 2.13. The van der Waals surface area contributed by atoms with Gasteiger partial charge < -0.3 is 4.57 Å². The Morgan fingerprint density at radius 2 is 1.64 bits per heavy atom. The van der Waals surface area contributed by atoms with Gasteiger partial charge in [0.1, 0.15) is 0 Å². The summed E-state index contributed by atoms with van der Waals surface area (Å²) in [5, 5.41) is 3.97. The van der Waals surface area contributed by atoms with Crippen molar-refractivity contribution >= 4 is 16.2 Å². The van der Waals surface area contributed by atoms with Crippen LogP contribution in [0.3, 0.4) is 0 Å². The Bertz CT molecular complexity index is 1090. The Kier molecular flexibility index (Phi) is 5.70. The molecule has 6 heteroatoms. The highest BCUT2D eigenvalue weighted by atomic mass is 32.2. The minimum atomic E-state index is -3.68. The number of hydrazone groups is 1. The van der Waals surface area contributed by atoms with Crippen LogP contribution in [0, 0.1) is 20.8 Å². The van der Waals surface area contributed by atoms with Gasteiger partial charge in [0.15, 0.2) is 0 Å². The molecule has 1 N–H and O–H groups in total. The predicted octanol–water partition coefficient (Wildman–Crippen LogP) is 4.28. The summed E-state index contributed by atoms with van der Waals surface area (Å²) < 4.78 is 26.8. The topological polar surface area (TPSA) is 63.5 Å². The normalized spacial score (nSPS) is 11.9. The second-order valence-corrected chi connectivity index (χ2v) is 8.51. The zero-order valence-electron chi connectivity index (χ0n) is 16.6. The summed E-state index contributed by atoms with van der Waals surface area (Å²) in [5.41, 5.74) is 6.29. The molecule has 3 rings (SSSR count). The molecule has 0 radical (unpaired) electrons. The van der Waals surface area contributed by atoms with E-state index in [1.54, 1.807) is 30.5 Å². The number of aryl methyl sites for hydroxylation is 3. The Hall–Kier alpha value is -2.86. The fourth-order valence-corrected chi connectivity index (χ4v) is 3.92. The minimum Gasteiger partial charge on any atom is -0.318 e. The van der Waals surface area contributed by atoms with E-state index in [9.17, 15) is 8.42 Å². The largest absolute Gasteiger partial charge is 0.318 e. The third-order valence-electron chi connectivity index (χ3n) is 4.78. The van der Waals surface area contributed by atoms with Gasteiger partial charge in [-0.15, -0.1) is 0 Å². The van der Waals surface area contributed by atoms with Crippen molar-refractivity contribution in [2.24, 2.45) is 5.10 Å². The number of nitrogens with zero attached hydrogens (tertiary/aromatic N) is 2. The summed E-state index contributed by atoms with van der Waals surface area (Å²) in [7, 11) is -3.68. The number of aromatic nitrogens is 1. The quantitative estimate of drug-likeness (QED) is 0.500. The Morgan fingerprint density at radius 1 is 1.00 bits per heavy atom. The SMILES string of the molecule is CCc1ccc(-n2c(C)cc(C=NNS(=O)(=O)c3ccc(C)cc3)c2C)cc1. The van der Waals surface area contributed by atoms with E-state index in [0.717, 1.165) is 34.6 Å². The summed E-state index contributed by atoms with van der Waals surface area (Å²) in [5.74, 6) is 0. The molecule has 0 unspecified atom stereocenters. The lowest BCUT2D eigenvalue weighted by molar-refractivity contribution is 0.584. The van der Waals surface area contributed by atoms with Gasteiger partial charge >= 0.3 is 0 Å². The van der Waals surface area contributed by atoms with Gasteiger partial charge in [-0.2, -0.15) is 13.5 Å². The number of nitrogens with one attached hydrogen (secondary N) is 1. The van der Waals surface area contributed by atoms with Crippen LogP contribution in [0.15, 0.2) is 64.6 Å². The van der Waals surface area contributed by atoms with Gasteiger partial charge in [-0.1, -0.05) is 36.8 Å². The monoisotopic (exact) mass is 395 g/mol. The third-order valence-corrected chi connectivity index (χ3v) is 6.02. The molecular weight excluding hydrogens is 370 g/mol. The summed E-state index contributed by atoms with van der Waals surface area (Å²) in [6.07, 6.45) is 2.55. The van der Waals surface area contributed by atoms with Gasteiger partial charge in [-0.05, 0) is 63.1 Å². The fourth-order valence-electron chi connectivity index (χ4n) is 3.13. The van der Waals surface area contributed by atoms with E-state index in [2.05, 4.69) is 45.7 Å². The molecule has 0 saturated heterocycles. The Balaban J connectivity index is 1.82. The molecule has 0 aliphatic carbocycles. The first-order valence-corrected chi connectivity index (χ1v) is 10.7. The lowest BCUT2D eigenvalue weighted by atomic mass is 10.1. The van der Waals surface area contributed by atoms with Crippen LogP contribution in [0.5, 0.6) is 0 Å². The Labute approximate surface area is 166 Å². The zero-order chi connectivity index (χ0) is 20.3. The van der Waals surface area contributed by atoms with Crippen LogP contribution >= 0.6 is 0 Å². The smallest absolute Gasteiger partial charge is 0.276 e. The van der Waals surface area contributed by atoms with Crippen molar-refractivity contribution in [2.45, 2.75) is 39.0 Å². The summed E-state index contributed by atoms with van der Waals surface area (Å²) >= 11 is 0. The third kappa shape index (κ3) is 4.17. The lowest BCUT2D eigenvalue weighted by Gasteiger charge is -2.10. The number of sulfonamides is 1. The zero-order valence-corrected chi connectivity index (χ0v) is 17.4. The van der Waals surface area contributed by atoms with Crippen LogP contribution in [0.4, 0.5) is 0 Å². The van der Waals surface area contributed by atoms with Crippen molar-refractivity contribution in [1.29, 1.82) is 0 Å². The van der Waals surface area contributed by atoms with Gasteiger partial charge in [-0.25, -0.2) is 4.83 Å². The van der Waals surface area contributed by atoms with Crippen LogP contribution in [-0.2, 0) is 16.4 Å². The van der Waals surface area contributed by atoms with E-state index in [4.69, 9.17) is 0 Å². The van der Waals surface area contributed by atoms with Crippen molar-refractivity contribution in [3.63, 3.8) is 0 Å². The van der Waals surface area contributed by atoms with Crippen LogP contribution in [0.1, 0.15) is 35.0 Å². The molecule has 0 bridgehead atoms. The van der Waals surface area contributed by atoms with Gasteiger partial charge in [0.05, 0.1) is 11.1 Å². The molecule has 0 spiro atoms. The molecule has 28 heavy (non-hydrogen) atoms. The molecule has 3 aromatic rings. The number of hydrogen-bond donors (Lipinski definition) is 1. The van der Waals surface area contributed by atoms with Crippen molar-refractivity contribution in [1.82, 2.24) is 9.40 Å². The number of benzene rings is 2. The molecule has 0 fully saturated rings. The summed E-state index contributed by atoms with van der Waals surface area (Å²) in [6, 6.07) is 17.1. The van der Waals surface area contributed by atoms with Crippen LogP contribution in [-0.4, -0.2) is 19.2 Å². The van der Waals surface area contributed by atoms with Crippen LogP contribution < -0.4 is 4.83 Å². The first-order chi connectivity index (χ1) is 13.3. The maximum atomic E-state index is 12.3. The molecule has 0 aliphatic heterocycles. The predicted molar refractivity (Wildman–Crippen MR) is 114 cm³/mol. The first kappa shape index (κ1) is 19.9. The van der Waals surface area contributed by atoms with Crippen molar-refractivity contribution < 1.29 is 8.42 Å². The van der Waals surface area contributed by atoms with Gasteiger partial charge in [0.25, 0.3) is 10.0 Å². The van der Waals surface area contributed by atoms with Crippen molar-refractivity contribution in [3.05, 3.63) is 82.7 Å². The van der Waals surface area contributed by atoms with E-state index < -0.39 is 10.0 Å². The molecule has 1 heterocycles. The summed E-state index contributed by atoms with van der Waals surface area (Å²) in [4.78, 5) is 2.48. The molecular formula is C22H25N3O2S. The molecule has 1 aromatic heterocycles. The molecule has 0 saturated carbocycles. The molecule has 2 aromatic carbocycles. The second-order valence-electron chi connectivity index (χ2n) is 6.85. The maximum absolute atomic E-state index is 12.3. The van der Waals surface area contributed by atoms with E-state index >= 15 is 0 Å². The molecule has 0 atom stereocenters. The molecule has 146 valence electrons. The minimum absolute atomic E-state index is 0.191. The molecule has 0 aliphatic rings. The Morgan fingerprint density at radius 3 is 2.25 bits per heavy atom. The van der Waals surface area contributed by atoms with Crippen LogP contribution in [0.25, 0.3) is 5.69 Å². The standard InChI is InChI=1S/C22H25N3O2S/c1-5-19-8-10-21(11-9-19)25-17(3)14-20(18(25)4)15-23-24-28(26,27)22-12-6-16(2)7-13-22/h6-15,24H,5H2,1-4H3. The highest BCUT2D eigenvalue weighted by molar-refractivity contribution is 7.89. The maximum Gasteiger partial charge on any atom is 0.276 e. The van der Waals surface area contributed by atoms with E-state index in [1.165, 1.54) is 5.56 Å². The average Bonchev–Trinajstić information content (AvgIpc) is 2.95. The van der Waals surface area contributed by atoms with Gasteiger partial charge in [0.2, 0.25) is 0 Å². The van der Waals surface area contributed by atoms with Crippen molar-refractivity contribution in [2.75, 3.05) is 0 Å². The van der Waals surface area contributed by atoms with Crippen LogP contribution in [0.2, 0.25) is 0 Å². The first-order valence-electron chi connectivity index (χ1n) is 9.21. The van der Waals surface area contributed by atoms with E-state index in [0.29, 0.717) is 0 Å². The number of rotatable bonds is 6. The molecule has 0 amide bonds. The van der Waals surface area contributed by atoms with Crippen molar-refractivity contribution in [3.8, 4) is 5.69 Å². The fraction of sp³-hybridized carbons (Fsp3) is 0.227. The number of hydrogen-bond acceptors (Lipinski definition) is 3. The van der Waals surface area contributed by atoms with Gasteiger partial charge in [0, 0.05) is 22.6 Å².